The molecule has 0 atom stereocenters. The van der Waals surface area contributed by atoms with E-state index in [0.29, 0.717) is 0 Å². The summed E-state index contributed by atoms with van der Waals surface area (Å²) in [6.45, 7) is 0. The molecule has 0 saturated heterocycles. The fourth-order valence-corrected chi connectivity index (χ4v) is 0. The van der Waals surface area contributed by atoms with Gasteiger partial charge < -0.3 is 21.9 Å². The Kier molecular flexibility index (Phi) is 3930. The Hall–Kier alpha value is 1.18. The maximum absolute atomic E-state index is 0. The summed E-state index contributed by atoms with van der Waals surface area (Å²) in [5.74, 6) is 0. The van der Waals surface area contributed by atoms with Gasteiger partial charge >= 0.3 is 41.2 Å². The third kappa shape index (κ3) is 65.2. The molecule has 0 rings (SSSR count). The normalized spacial score (nSPS) is 0. The van der Waals surface area contributed by atoms with Gasteiger partial charge in [0, 0.05) is 0 Å². The Balaban J connectivity index is 0. The van der Waals surface area contributed by atoms with Crippen LogP contribution in [0.5, 0.6) is 0 Å². The maximum Gasteiger partial charge on any atom is 4.00 e. The average Bonchev–Trinajstić information content (AvgIpc) is 0. The third-order valence-corrected chi connectivity index (χ3v) is 0. The molecule has 6 heavy (non-hydrogen) atoms. The quantitative estimate of drug-likeness (QED) is 0.474. The van der Waals surface area contributed by atoms with Gasteiger partial charge in [0.25, 0.3) is 0 Å². The smallest absolute Gasteiger partial charge is 2.00 e. The molecule has 0 aliphatic carbocycles. The summed E-state index contributed by atoms with van der Waals surface area (Å²) in [6, 6.07) is 0. The molecule has 0 fully saturated rings. The van der Waals surface area contributed by atoms with Crippen molar-refractivity contribution in [1.29, 1.82) is 0 Å². The second-order valence-corrected chi connectivity index (χ2v) is 0. The van der Waals surface area contributed by atoms with E-state index < -0.39 is 0 Å². The minimum atomic E-state index is 0. The van der Waals surface area contributed by atoms with Gasteiger partial charge in [-0.05, 0) is 0 Å². The van der Waals surface area contributed by atoms with Crippen LogP contribution in [-0.4, -0.2) is 0 Å². The van der Waals surface area contributed by atoms with Crippen molar-refractivity contribution in [2.24, 2.45) is 0 Å². The van der Waals surface area contributed by atoms with Crippen LogP contribution >= 0.6 is 0 Å². The molecule has 0 heterocycles. The van der Waals surface area contributed by atoms with Crippen molar-refractivity contribution in [2.75, 3.05) is 0 Å². The van der Waals surface area contributed by atoms with E-state index in [1.807, 2.05) is 0 Å². The molecule has 0 spiro atoms. The van der Waals surface area contributed by atoms with Crippen LogP contribution in [0.25, 0.3) is 0 Å². The van der Waals surface area contributed by atoms with E-state index in [-0.39, 0.29) is 63.1 Å². The van der Waals surface area contributed by atoms with Crippen molar-refractivity contribution in [1.82, 2.24) is 0 Å². The van der Waals surface area contributed by atoms with Crippen LogP contribution in [-0.2, 0) is 63.1 Å². The molecular formula is IrO4Pt. The van der Waals surface area contributed by atoms with Gasteiger partial charge in [-0.2, -0.15) is 0 Å². The molecule has 1 radical (unpaired) electrons. The molecule has 0 bridgehead atoms. The molecular weight excluding hydrogens is 451 g/mol. The SMILES string of the molecule is [Ir+4].[O-2].[O-2].[O-2].[O-2].[Pt+4]. The van der Waals surface area contributed by atoms with Crippen molar-refractivity contribution in [3.8, 4) is 0 Å². The zero-order chi connectivity index (χ0) is 0. The first-order valence-corrected chi connectivity index (χ1v) is 0. The monoisotopic (exact) mass is 452 g/mol. The van der Waals surface area contributed by atoms with E-state index in [4.69, 9.17) is 0 Å². The third-order valence-electron chi connectivity index (χ3n) is 0. The summed E-state index contributed by atoms with van der Waals surface area (Å²) in [4.78, 5) is 0. The predicted octanol–water partition coefficient (Wildman–Crippen LogP) is -0.480. The Labute approximate surface area is 63.2 Å². The summed E-state index contributed by atoms with van der Waals surface area (Å²) in [7, 11) is 0. The van der Waals surface area contributed by atoms with Crippen LogP contribution in [0.15, 0.2) is 0 Å². The van der Waals surface area contributed by atoms with Gasteiger partial charge in [0.1, 0.15) is 0 Å². The topological polar surface area (TPSA) is 114 Å². The summed E-state index contributed by atoms with van der Waals surface area (Å²) in [6.07, 6.45) is 0. The number of hydrogen-bond acceptors (Lipinski definition) is 0. The first-order valence-electron chi connectivity index (χ1n) is 0. The Bertz CT molecular complexity index is 7.51. The van der Waals surface area contributed by atoms with Gasteiger partial charge in [-0.1, -0.05) is 0 Å². The molecule has 0 aliphatic rings. The minimum Gasteiger partial charge on any atom is -2.00 e. The maximum atomic E-state index is 0. The summed E-state index contributed by atoms with van der Waals surface area (Å²) in [5, 5.41) is 0. The van der Waals surface area contributed by atoms with E-state index in [1.165, 1.54) is 0 Å². The fourth-order valence-electron chi connectivity index (χ4n) is 0. The largest absolute Gasteiger partial charge is 4.00 e. The molecule has 0 amide bonds. The van der Waals surface area contributed by atoms with E-state index in [1.54, 1.807) is 0 Å². The molecule has 6 heteroatoms. The predicted molar refractivity (Wildman–Crippen MR) is 2.75 cm³/mol. The van der Waals surface area contributed by atoms with Crippen LogP contribution in [0, 0.1) is 0 Å². The minimum absolute atomic E-state index is 0. The Morgan fingerprint density at radius 1 is 0.500 bits per heavy atom. The second kappa shape index (κ2) is 119. The van der Waals surface area contributed by atoms with Gasteiger partial charge in [0.2, 0.25) is 0 Å². The van der Waals surface area contributed by atoms with Crippen LogP contribution in [0.3, 0.4) is 0 Å². The van der Waals surface area contributed by atoms with Crippen molar-refractivity contribution < 1.29 is 63.1 Å². The van der Waals surface area contributed by atoms with Crippen molar-refractivity contribution in [3.05, 3.63) is 0 Å². The Morgan fingerprint density at radius 3 is 0.500 bits per heavy atom. The van der Waals surface area contributed by atoms with E-state index >= 15 is 0 Å². The van der Waals surface area contributed by atoms with Gasteiger partial charge in [-0.3, -0.25) is 0 Å². The average molecular weight is 451 g/mol. The fraction of sp³-hybridized carbons (Fsp3) is 0. The standard InChI is InChI=1S/Ir.4O.Pt/q+4;4*-2;+4. The van der Waals surface area contributed by atoms with E-state index in [0.717, 1.165) is 0 Å². The van der Waals surface area contributed by atoms with Crippen molar-refractivity contribution in [2.45, 2.75) is 0 Å². The number of hydrogen-bond donors (Lipinski definition) is 0. The van der Waals surface area contributed by atoms with Crippen LogP contribution in [0.1, 0.15) is 0 Å². The summed E-state index contributed by atoms with van der Waals surface area (Å²) >= 11 is 0. The molecule has 0 aromatic heterocycles. The molecule has 43 valence electrons. The molecule has 0 saturated carbocycles. The van der Waals surface area contributed by atoms with Crippen LogP contribution in [0.2, 0.25) is 0 Å². The molecule has 0 aliphatic heterocycles. The van der Waals surface area contributed by atoms with Gasteiger partial charge in [0.15, 0.2) is 0 Å². The summed E-state index contributed by atoms with van der Waals surface area (Å²) in [5.41, 5.74) is 0. The molecule has 0 N–H and O–H groups in total. The van der Waals surface area contributed by atoms with E-state index in [9.17, 15) is 0 Å². The zero-order valence-corrected chi connectivity index (χ0v) is 6.95. The van der Waals surface area contributed by atoms with Crippen LogP contribution in [0.4, 0.5) is 0 Å². The van der Waals surface area contributed by atoms with Gasteiger partial charge in [-0.25, -0.2) is 0 Å². The van der Waals surface area contributed by atoms with Crippen molar-refractivity contribution >= 4 is 0 Å². The first kappa shape index (κ1) is 198. The van der Waals surface area contributed by atoms with E-state index in [2.05, 4.69) is 0 Å². The zero-order valence-electron chi connectivity index (χ0n) is 2.28. The molecule has 4 nitrogen and oxygen atoms in total. The molecule has 0 aromatic rings. The number of rotatable bonds is 0. The van der Waals surface area contributed by atoms with Gasteiger partial charge in [-0.15, -0.1) is 0 Å². The molecule has 0 aromatic carbocycles. The summed E-state index contributed by atoms with van der Waals surface area (Å²) < 4.78 is 0. The Morgan fingerprint density at radius 2 is 0.500 bits per heavy atom. The van der Waals surface area contributed by atoms with Crippen molar-refractivity contribution in [3.63, 3.8) is 0 Å². The van der Waals surface area contributed by atoms with Gasteiger partial charge in [0.05, 0.1) is 0 Å². The second-order valence-electron chi connectivity index (χ2n) is 0. The first-order chi connectivity index (χ1) is 0. The van der Waals surface area contributed by atoms with Crippen LogP contribution < -0.4 is 0 Å². The molecule has 0 unspecified atom stereocenters.